The number of carbonyl (C=O) groups is 2. The lowest BCUT2D eigenvalue weighted by Crippen LogP contribution is -2.43. The number of carbonyl (C=O) groups excluding carboxylic acids is 2. The van der Waals surface area contributed by atoms with E-state index in [9.17, 15) is 9.59 Å². The molecule has 1 heterocycles. The van der Waals surface area contributed by atoms with E-state index in [1.807, 2.05) is 30.3 Å². The summed E-state index contributed by atoms with van der Waals surface area (Å²) >= 11 is 12.0. The molecule has 0 aliphatic heterocycles. The molecule has 5 nitrogen and oxygen atoms in total. The fraction of sp³-hybridized carbons (Fsp3) is 0.143. The van der Waals surface area contributed by atoms with Gasteiger partial charge in [0.15, 0.2) is 5.76 Å². The van der Waals surface area contributed by atoms with Crippen LogP contribution >= 0.6 is 23.2 Å². The maximum Gasteiger partial charge on any atom is 0.329 e. The summed E-state index contributed by atoms with van der Waals surface area (Å²) in [7, 11) is 0. The van der Waals surface area contributed by atoms with Crippen LogP contribution < -0.4 is 5.32 Å². The van der Waals surface area contributed by atoms with E-state index in [0.29, 0.717) is 15.6 Å². The van der Waals surface area contributed by atoms with Gasteiger partial charge in [-0.25, -0.2) is 4.79 Å². The number of hydrogen-bond acceptors (Lipinski definition) is 4. The van der Waals surface area contributed by atoms with Crippen LogP contribution in [0.1, 0.15) is 21.7 Å². The number of nitrogens with one attached hydrogen (secondary N) is 1. The number of rotatable bonds is 7. The molecule has 1 N–H and O–H groups in total. The fourth-order valence-electron chi connectivity index (χ4n) is 2.57. The van der Waals surface area contributed by atoms with Crippen molar-refractivity contribution in [3.63, 3.8) is 0 Å². The Morgan fingerprint density at radius 2 is 1.82 bits per heavy atom. The zero-order valence-electron chi connectivity index (χ0n) is 14.7. The first kappa shape index (κ1) is 20.0. The summed E-state index contributed by atoms with van der Waals surface area (Å²) in [4.78, 5) is 25.0. The Morgan fingerprint density at radius 3 is 2.50 bits per heavy atom. The molecule has 0 spiro atoms. The van der Waals surface area contributed by atoms with Crippen molar-refractivity contribution in [2.24, 2.45) is 0 Å². The summed E-state index contributed by atoms with van der Waals surface area (Å²) in [6.45, 7) is -0.0310. The van der Waals surface area contributed by atoms with Gasteiger partial charge in [-0.2, -0.15) is 0 Å². The maximum atomic E-state index is 12.7. The van der Waals surface area contributed by atoms with Crippen molar-refractivity contribution in [1.29, 1.82) is 0 Å². The smallest absolute Gasteiger partial charge is 0.329 e. The lowest BCUT2D eigenvalue weighted by molar-refractivity contribution is -0.147. The molecule has 0 bridgehead atoms. The van der Waals surface area contributed by atoms with Gasteiger partial charge in [-0.1, -0.05) is 59.6 Å². The van der Waals surface area contributed by atoms with Crippen LogP contribution in [0.2, 0.25) is 10.0 Å². The van der Waals surface area contributed by atoms with Gasteiger partial charge in [0.05, 0.1) is 6.26 Å². The quantitative estimate of drug-likeness (QED) is 0.567. The number of halogens is 2. The van der Waals surface area contributed by atoms with E-state index >= 15 is 0 Å². The number of furan rings is 1. The first-order valence-corrected chi connectivity index (χ1v) is 9.27. The van der Waals surface area contributed by atoms with E-state index in [0.717, 1.165) is 5.56 Å². The molecule has 144 valence electrons. The van der Waals surface area contributed by atoms with E-state index in [4.69, 9.17) is 32.4 Å². The van der Waals surface area contributed by atoms with Crippen molar-refractivity contribution >= 4 is 35.1 Å². The summed E-state index contributed by atoms with van der Waals surface area (Å²) < 4.78 is 10.5. The second-order valence-corrected chi connectivity index (χ2v) is 6.88. The maximum absolute atomic E-state index is 12.7. The molecule has 1 atom stereocenters. The normalized spacial score (nSPS) is 11.6. The summed E-state index contributed by atoms with van der Waals surface area (Å²) in [5.41, 5.74) is 1.50. The van der Waals surface area contributed by atoms with Gasteiger partial charge in [0, 0.05) is 22.0 Å². The Hall–Kier alpha value is -2.76. The molecule has 0 fully saturated rings. The monoisotopic (exact) mass is 417 g/mol. The molecule has 0 saturated heterocycles. The molecule has 1 aromatic heterocycles. The van der Waals surface area contributed by atoms with Crippen molar-refractivity contribution in [1.82, 2.24) is 5.32 Å². The molecule has 7 heteroatoms. The number of hydrogen-bond donors (Lipinski definition) is 1. The van der Waals surface area contributed by atoms with Crippen LogP contribution in [-0.2, 0) is 22.6 Å². The second kappa shape index (κ2) is 9.44. The summed E-state index contributed by atoms with van der Waals surface area (Å²) in [6.07, 6.45) is 1.67. The van der Waals surface area contributed by atoms with Crippen molar-refractivity contribution < 1.29 is 18.7 Å². The highest BCUT2D eigenvalue weighted by atomic mass is 35.5. The predicted octanol–water partition coefficient (Wildman–Crippen LogP) is 4.67. The average molecular weight is 418 g/mol. The zero-order chi connectivity index (χ0) is 19.9. The van der Waals surface area contributed by atoms with Crippen molar-refractivity contribution in [2.45, 2.75) is 19.1 Å². The highest BCUT2D eigenvalue weighted by molar-refractivity contribution is 6.35. The van der Waals surface area contributed by atoms with Gasteiger partial charge in [0.2, 0.25) is 0 Å². The summed E-state index contributed by atoms with van der Waals surface area (Å²) in [5, 5.41) is 3.56. The van der Waals surface area contributed by atoms with Gasteiger partial charge >= 0.3 is 5.97 Å². The van der Waals surface area contributed by atoms with Gasteiger partial charge in [-0.15, -0.1) is 0 Å². The summed E-state index contributed by atoms with van der Waals surface area (Å²) in [5.74, 6) is -0.950. The highest BCUT2D eigenvalue weighted by Crippen LogP contribution is 2.22. The molecule has 0 aliphatic carbocycles. The zero-order valence-corrected chi connectivity index (χ0v) is 16.2. The number of benzene rings is 2. The average Bonchev–Trinajstić information content (AvgIpc) is 3.22. The van der Waals surface area contributed by atoms with Crippen LogP contribution in [0, 0.1) is 0 Å². The highest BCUT2D eigenvalue weighted by Gasteiger charge is 2.24. The van der Waals surface area contributed by atoms with Gasteiger partial charge in [-0.05, 0) is 29.8 Å². The molecule has 3 rings (SSSR count). The molecule has 0 radical (unpaired) electrons. The van der Waals surface area contributed by atoms with Crippen LogP contribution in [0.25, 0.3) is 0 Å². The first-order chi connectivity index (χ1) is 13.5. The summed E-state index contributed by atoms with van der Waals surface area (Å²) in [6, 6.07) is 16.5. The van der Waals surface area contributed by atoms with Gasteiger partial charge in [0.25, 0.3) is 5.91 Å². The Morgan fingerprint density at radius 1 is 1.04 bits per heavy atom. The lowest BCUT2D eigenvalue weighted by Gasteiger charge is -2.17. The third kappa shape index (κ3) is 5.38. The fourth-order valence-corrected chi connectivity index (χ4v) is 3.03. The molecular weight excluding hydrogens is 401 g/mol. The first-order valence-electron chi connectivity index (χ1n) is 8.52. The Bertz CT molecular complexity index is 942. The minimum atomic E-state index is -0.883. The van der Waals surface area contributed by atoms with E-state index in [1.54, 1.807) is 24.3 Å². The van der Waals surface area contributed by atoms with Crippen LogP contribution in [0.5, 0.6) is 0 Å². The van der Waals surface area contributed by atoms with Gasteiger partial charge in [-0.3, -0.25) is 4.79 Å². The van der Waals surface area contributed by atoms with Gasteiger partial charge in [0.1, 0.15) is 12.6 Å². The van der Waals surface area contributed by atoms with Crippen LogP contribution in [0.15, 0.2) is 71.3 Å². The molecule has 1 unspecified atom stereocenters. The van der Waals surface area contributed by atoms with Crippen molar-refractivity contribution in [2.75, 3.05) is 0 Å². The lowest BCUT2D eigenvalue weighted by atomic mass is 10.1. The largest absolute Gasteiger partial charge is 0.459 e. The number of ether oxygens (including phenoxy) is 1. The third-order valence-corrected chi connectivity index (χ3v) is 4.59. The van der Waals surface area contributed by atoms with Crippen LogP contribution in [-0.4, -0.2) is 17.9 Å². The number of amides is 1. The molecular formula is C21H17Cl2NO4. The van der Waals surface area contributed by atoms with Crippen LogP contribution in [0.4, 0.5) is 0 Å². The molecule has 0 aliphatic rings. The molecule has 2 aromatic carbocycles. The van der Waals surface area contributed by atoms with E-state index in [-0.39, 0.29) is 18.8 Å². The van der Waals surface area contributed by atoms with Crippen molar-refractivity contribution in [3.8, 4) is 0 Å². The minimum absolute atomic E-state index is 0.0310. The van der Waals surface area contributed by atoms with E-state index in [1.165, 1.54) is 12.3 Å². The topological polar surface area (TPSA) is 68.5 Å². The molecule has 28 heavy (non-hydrogen) atoms. The Kier molecular flexibility index (Phi) is 6.74. The third-order valence-electron chi connectivity index (χ3n) is 4.00. The second-order valence-electron chi connectivity index (χ2n) is 6.04. The Labute approximate surface area is 172 Å². The minimum Gasteiger partial charge on any atom is -0.459 e. The van der Waals surface area contributed by atoms with Gasteiger partial charge < -0.3 is 14.5 Å². The SMILES string of the molecule is O=C(NC(Cc1ccccc1)C(=O)OCc1ccc(Cl)cc1Cl)c1ccco1. The predicted molar refractivity (Wildman–Crippen MR) is 106 cm³/mol. The van der Waals surface area contributed by atoms with E-state index < -0.39 is 17.9 Å². The molecule has 3 aromatic rings. The van der Waals surface area contributed by atoms with Crippen molar-refractivity contribution in [3.05, 3.63) is 93.9 Å². The molecule has 1 amide bonds. The Balaban J connectivity index is 1.71. The van der Waals surface area contributed by atoms with E-state index in [2.05, 4.69) is 5.32 Å². The van der Waals surface area contributed by atoms with Crippen LogP contribution in [0.3, 0.4) is 0 Å². The standard InChI is InChI=1S/C21H17Cl2NO4/c22-16-9-8-15(17(23)12-16)13-28-21(26)18(11-14-5-2-1-3-6-14)24-20(25)19-7-4-10-27-19/h1-10,12,18H,11,13H2,(H,24,25). The molecule has 0 saturated carbocycles. The number of esters is 1.